The summed E-state index contributed by atoms with van der Waals surface area (Å²) < 4.78 is 0. The topological polar surface area (TPSA) is 9.72 Å². The Kier molecular flexibility index (Phi) is 13.8. The van der Waals surface area contributed by atoms with Gasteiger partial charge >= 0.3 is 0 Å². The molecule has 10 aromatic rings. The molecule has 97 heavy (non-hydrogen) atoms. The van der Waals surface area contributed by atoms with E-state index in [1.54, 1.807) is 0 Å². The minimum atomic E-state index is -0.300. The molecule has 2 atom stereocenters. The van der Waals surface area contributed by atoms with Crippen LogP contribution >= 0.6 is 0 Å². The molecule has 10 aromatic carbocycles. The van der Waals surface area contributed by atoms with Crippen molar-refractivity contribution < 1.29 is 0 Å². The van der Waals surface area contributed by atoms with Gasteiger partial charge in [0.2, 0.25) is 0 Å². The van der Waals surface area contributed by atoms with Gasteiger partial charge in [0.15, 0.2) is 0 Å². The maximum absolute atomic E-state index is 2.88. The molecule has 0 spiro atoms. The maximum atomic E-state index is 2.88. The molecule has 0 bridgehead atoms. The smallest absolute Gasteiger partial charge is 0.252 e. The third kappa shape index (κ3) is 9.40. The minimum Gasteiger partial charge on any atom is -0.334 e. The van der Waals surface area contributed by atoms with E-state index in [1.165, 1.54) is 164 Å². The fourth-order valence-electron chi connectivity index (χ4n) is 19.6. The molecule has 16 rings (SSSR count). The van der Waals surface area contributed by atoms with Gasteiger partial charge in [0.1, 0.15) is 0 Å². The summed E-state index contributed by atoms with van der Waals surface area (Å²) in [5, 5.41) is 0. The number of hydrogen-bond donors (Lipinski definition) is 0. The molecule has 0 amide bonds. The number of nitrogens with zero attached hydrogens (tertiary/aromatic N) is 3. The van der Waals surface area contributed by atoms with Gasteiger partial charge in [0.05, 0.1) is 16.9 Å². The largest absolute Gasteiger partial charge is 0.334 e. The van der Waals surface area contributed by atoms with Crippen molar-refractivity contribution in [1.29, 1.82) is 0 Å². The molecule has 0 saturated heterocycles. The van der Waals surface area contributed by atoms with Crippen LogP contribution in [0.15, 0.2) is 200 Å². The highest BCUT2D eigenvalue weighted by Crippen LogP contribution is 2.64. The molecule has 0 aromatic heterocycles. The van der Waals surface area contributed by atoms with Crippen LogP contribution in [0.25, 0.3) is 33.4 Å². The Morgan fingerprint density at radius 3 is 1.26 bits per heavy atom. The summed E-state index contributed by atoms with van der Waals surface area (Å²) in [5.74, 6) is 0. The zero-order valence-corrected chi connectivity index (χ0v) is 61.5. The molecule has 1 saturated carbocycles. The van der Waals surface area contributed by atoms with Gasteiger partial charge in [-0.3, -0.25) is 0 Å². The van der Waals surface area contributed by atoms with E-state index >= 15 is 0 Å². The van der Waals surface area contributed by atoms with Gasteiger partial charge in [-0.2, -0.15) is 0 Å². The molecule has 2 unspecified atom stereocenters. The number of rotatable bonds is 6. The first-order chi connectivity index (χ1) is 45.7. The van der Waals surface area contributed by atoms with E-state index < -0.39 is 0 Å². The van der Waals surface area contributed by atoms with E-state index in [-0.39, 0.29) is 55.6 Å². The van der Waals surface area contributed by atoms with Crippen molar-refractivity contribution in [3.8, 4) is 33.4 Å². The van der Waals surface area contributed by atoms with Crippen LogP contribution in [0.4, 0.5) is 45.5 Å². The first kappa shape index (κ1) is 63.4. The van der Waals surface area contributed by atoms with E-state index in [1.807, 2.05) is 0 Å². The Hall–Kier alpha value is -8.34. The lowest BCUT2D eigenvalue weighted by atomic mass is 9.32. The summed E-state index contributed by atoms with van der Waals surface area (Å²) in [6.45, 7) is 46.3. The fraction of sp³-hybridized carbons (Fsp3) is 0.355. The first-order valence-corrected chi connectivity index (χ1v) is 36.4. The fourth-order valence-corrected chi connectivity index (χ4v) is 19.6. The molecule has 3 aliphatic heterocycles. The van der Waals surface area contributed by atoms with Crippen molar-refractivity contribution >= 4 is 68.6 Å². The Balaban J connectivity index is 1.08. The molecular weight excluding hydrogens is 1170 g/mol. The maximum Gasteiger partial charge on any atom is 0.252 e. The van der Waals surface area contributed by atoms with Gasteiger partial charge in [-0.1, -0.05) is 277 Å². The van der Waals surface area contributed by atoms with Crippen molar-refractivity contribution in [1.82, 2.24) is 0 Å². The van der Waals surface area contributed by atoms with Crippen LogP contribution in [-0.2, 0) is 43.3 Å². The molecule has 3 nitrogen and oxygen atoms in total. The number of hydrogen-bond acceptors (Lipinski definition) is 3. The molecule has 0 radical (unpaired) electrons. The van der Waals surface area contributed by atoms with Gasteiger partial charge in [0.25, 0.3) is 6.71 Å². The molecule has 4 heteroatoms. The van der Waals surface area contributed by atoms with E-state index in [4.69, 9.17) is 0 Å². The monoisotopic (exact) mass is 1270 g/mol. The lowest BCUT2D eigenvalue weighted by molar-refractivity contribution is 0.195. The van der Waals surface area contributed by atoms with Crippen molar-refractivity contribution in [3.63, 3.8) is 0 Å². The summed E-state index contributed by atoms with van der Waals surface area (Å²) in [4.78, 5) is 8.47. The van der Waals surface area contributed by atoms with Crippen LogP contribution in [-0.4, -0.2) is 12.3 Å². The highest BCUT2D eigenvalue weighted by Gasteiger charge is 2.59. The second kappa shape index (κ2) is 21.1. The Labute approximate surface area is 581 Å². The summed E-state index contributed by atoms with van der Waals surface area (Å²) in [7, 11) is 0. The zero-order chi connectivity index (χ0) is 68.3. The van der Waals surface area contributed by atoms with E-state index in [0.717, 1.165) is 19.3 Å². The van der Waals surface area contributed by atoms with Crippen molar-refractivity contribution in [2.24, 2.45) is 0 Å². The van der Waals surface area contributed by atoms with Crippen molar-refractivity contribution in [2.45, 2.75) is 213 Å². The number of benzene rings is 10. The summed E-state index contributed by atoms with van der Waals surface area (Å²) >= 11 is 0. The molecule has 0 N–H and O–H groups in total. The highest BCUT2D eigenvalue weighted by molar-refractivity contribution is 7.00. The summed E-state index contributed by atoms with van der Waals surface area (Å²) in [6, 6.07) is 80.2. The quantitative estimate of drug-likeness (QED) is 0.154. The van der Waals surface area contributed by atoms with Gasteiger partial charge in [-0.05, 0) is 208 Å². The van der Waals surface area contributed by atoms with Crippen LogP contribution in [0.1, 0.15) is 219 Å². The Bertz CT molecular complexity index is 4890. The van der Waals surface area contributed by atoms with Gasteiger partial charge in [-0.25, -0.2) is 0 Å². The lowest BCUT2D eigenvalue weighted by Crippen LogP contribution is -2.62. The van der Waals surface area contributed by atoms with E-state index in [9.17, 15) is 0 Å². The third-order valence-corrected chi connectivity index (χ3v) is 25.1. The van der Waals surface area contributed by atoms with Crippen LogP contribution < -0.4 is 31.1 Å². The molecule has 6 aliphatic rings. The van der Waals surface area contributed by atoms with Crippen molar-refractivity contribution in [3.05, 3.63) is 256 Å². The Morgan fingerprint density at radius 2 is 0.753 bits per heavy atom. The molecular formula is C93H100BN3. The predicted octanol–water partition coefficient (Wildman–Crippen LogP) is 23.3. The number of anilines is 8. The lowest BCUT2D eigenvalue weighted by Gasteiger charge is -2.51. The summed E-state index contributed by atoms with van der Waals surface area (Å²) in [5.41, 5.74) is 34.4. The minimum absolute atomic E-state index is 0.0509. The van der Waals surface area contributed by atoms with E-state index in [2.05, 4.69) is 346 Å². The average molecular weight is 1270 g/mol. The van der Waals surface area contributed by atoms with Crippen LogP contribution in [0.2, 0.25) is 0 Å². The molecule has 1 fully saturated rings. The van der Waals surface area contributed by atoms with Crippen LogP contribution in [0.5, 0.6) is 0 Å². The van der Waals surface area contributed by atoms with Crippen LogP contribution in [0.3, 0.4) is 0 Å². The van der Waals surface area contributed by atoms with Gasteiger partial charge in [0, 0.05) is 61.5 Å². The normalized spacial score (nSPS) is 20.4. The predicted molar refractivity (Wildman–Crippen MR) is 417 cm³/mol. The zero-order valence-electron chi connectivity index (χ0n) is 61.5. The first-order valence-electron chi connectivity index (χ1n) is 36.4. The van der Waals surface area contributed by atoms with Crippen molar-refractivity contribution in [2.75, 3.05) is 14.7 Å². The second-order valence-corrected chi connectivity index (χ2v) is 36.1. The van der Waals surface area contributed by atoms with E-state index in [0.29, 0.717) is 0 Å². The third-order valence-electron chi connectivity index (χ3n) is 25.1. The van der Waals surface area contributed by atoms with Gasteiger partial charge < -0.3 is 14.7 Å². The van der Waals surface area contributed by atoms with Crippen LogP contribution in [0, 0.1) is 0 Å². The molecule has 490 valence electrons. The highest BCUT2D eigenvalue weighted by atomic mass is 15.3. The number of fused-ring (bicyclic) bond motifs is 10. The SMILES string of the molecule is CC(C)(C)c1ccc(-c2ccc3c(c2)C2(C)CCCCC2(C)N3c2cc3c4c(c2)N(c2ccc(C(C)(C)C)cc2-c2ccccc2)c2cc5c(cc2B4c2cc4c(cc2N3c2ccc(C(C)(C)C)cc2-c2ccccc2)C(C)(C)CC4(C)C)C(C)(C)c2ccccc2C5(C)C)cc1. The second-order valence-electron chi connectivity index (χ2n) is 36.1. The molecule has 3 aliphatic carbocycles. The standard InChI is InChI=1S/C93H100BN3/c1-85(2,3)62-39-36-58(37-40-62)61-38-43-79-74(48-61)92(18)46-28-29-47-93(92,19)97(79)65-51-82-84-83(52-65)96(78-45-42-64(87(7,8)9)50-67(78)60-32-24-21-25-33-60)81-56-73-72(90(14,15)68-34-26-27-35-69(68)91(73,16)17)54-76(81)94(84)75-53-70-71(89(12,13)57-88(70,10)11)55-80(75)95(82)77-44-41-63(86(4,5)6)49-66(77)59-30-22-20-23-31-59/h20-27,30-45,48-56H,28-29,46-47,57H2,1-19H3. The van der Waals surface area contributed by atoms with Gasteiger partial charge in [-0.15, -0.1) is 0 Å². The molecule has 3 heterocycles. The summed E-state index contributed by atoms with van der Waals surface area (Å²) in [6.07, 6.45) is 5.65. The average Bonchev–Trinajstić information content (AvgIpc) is 1.17. The Morgan fingerprint density at radius 1 is 0.330 bits per heavy atom.